The minimum absolute atomic E-state index is 0.154. The van der Waals surface area contributed by atoms with Gasteiger partial charge in [0.2, 0.25) is 0 Å². The highest BCUT2D eigenvalue weighted by Gasteiger charge is 2.73. The lowest BCUT2D eigenvalue weighted by atomic mass is 9.77. The molecule has 1 N–H and O–H groups in total. The molecule has 114 valence electrons. The molecule has 3 heterocycles. The maximum absolute atomic E-state index is 13.0. The van der Waals surface area contributed by atoms with Crippen LogP contribution >= 0.6 is 0 Å². The Balaban J connectivity index is 1.83. The number of carbonyl (C=O) groups is 2. The SMILES string of the molecule is C=C1C(=O)O[C@@H]2C3C(=O)C(C)(CC[C@@H]12)OC(O)C1OC13C. The Kier molecular flexibility index (Phi) is 2.39. The Morgan fingerprint density at radius 2 is 2.00 bits per heavy atom. The van der Waals surface area contributed by atoms with Crippen LogP contribution in [0, 0.1) is 11.8 Å². The molecule has 3 aliphatic heterocycles. The van der Waals surface area contributed by atoms with Crippen molar-refractivity contribution in [1.82, 2.24) is 0 Å². The number of epoxide rings is 1. The smallest absolute Gasteiger partial charge is 0.334 e. The first-order chi connectivity index (χ1) is 9.78. The van der Waals surface area contributed by atoms with Gasteiger partial charge in [-0.05, 0) is 26.7 Å². The number of hydrogen-bond acceptors (Lipinski definition) is 6. The van der Waals surface area contributed by atoms with Crippen LogP contribution in [0.3, 0.4) is 0 Å². The first-order valence-corrected chi connectivity index (χ1v) is 7.26. The number of hydrogen-bond donors (Lipinski definition) is 1. The summed E-state index contributed by atoms with van der Waals surface area (Å²) in [5.41, 5.74) is -1.49. The van der Waals surface area contributed by atoms with Crippen LogP contribution in [0.4, 0.5) is 0 Å². The minimum Gasteiger partial charge on any atom is -0.457 e. The van der Waals surface area contributed by atoms with Gasteiger partial charge in [0.15, 0.2) is 12.1 Å². The lowest BCUT2D eigenvalue weighted by molar-refractivity contribution is -0.195. The fourth-order valence-electron chi connectivity index (χ4n) is 4.17. The van der Waals surface area contributed by atoms with E-state index in [0.29, 0.717) is 18.4 Å². The topological polar surface area (TPSA) is 85.4 Å². The van der Waals surface area contributed by atoms with Crippen LogP contribution in [0.1, 0.15) is 26.7 Å². The summed E-state index contributed by atoms with van der Waals surface area (Å²) >= 11 is 0. The number of ether oxygens (including phenoxy) is 3. The van der Waals surface area contributed by atoms with Crippen LogP contribution in [0.2, 0.25) is 0 Å². The summed E-state index contributed by atoms with van der Waals surface area (Å²) in [6.07, 6.45) is -1.26. The molecule has 7 atom stereocenters. The predicted octanol–water partition coefficient (Wildman–Crippen LogP) is 0.328. The predicted molar refractivity (Wildman–Crippen MR) is 69.0 cm³/mol. The monoisotopic (exact) mass is 294 g/mol. The molecule has 6 nitrogen and oxygen atoms in total. The summed E-state index contributed by atoms with van der Waals surface area (Å²) in [7, 11) is 0. The molecule has 21 heavy (non-hydrogen) atoms. The highest BCUT2D eigenvalue weighted by Crippen LogP contribution is 2.56. The second-order valence-electron chi connectivity index (χ2n) is 6.84. The van der Waals surface area contributed by atoms with E-state index in [1.807, 2.05) is 0 Å². The Labute approximate surface area is 122 Å². The molecule has 0 spiro atoms. The van der Waals surface area contributed by atoms with Crippen molar-refractivity contribution in [1.29, 1.82) is 0 Å². The third-order valence-electron chi connectivity index (χ3n) is 5.56. The lowest BCUT2D eigenvalue weighted by Crippen LogP contribution is -2.48. The lowest BCUT2D eigenvalue weighted by Gasteiger charge is -2.31. The number of Topliss-reactive ketones (excluding diaryl/α,β-unsaturated/α-hetero) is 1. The Bertz CT molecular complexity index is 571. The van der Waals surface area contributed by atoms with Crippen LogP contribution in [0.25, 0.3) is 0 Å². The van der Waals surface area contributed by atoms with Gasteiger partial charge in [-0.15, -0.1) is 0 Å². The van der Waals surface area contributed by atoms with Gasteiger partial charge in [0.05, 0.1) is 5.92 Å². The molecule has 4 fully saturated rings. The van der Waals surface area contributed by atoms with E-state index in [4.69, 9.17) is 14.2 Å². The van der Waals surface area contributed by atoms with Gasteiger partial charge in [-0.25, -0.2) is 4.79 Å². The van der Waals surface area contributed by atoms with Gasteiger partial charge < -0.3 is 19.3 Å². The van der Waals surface area contributed by atoms with Crippen molar-refractivity contribution < 1.29 is 28.9 Å². The molecule has 0 aromatic heterocycles. The van der Waals surface area contributed by atoms with E-state index in [1.165, 1.54) is 0 Å². The number of aliphatic hydroxyl groups excluding tert-OH is 1. The number of esters is 1. The summed E-state index contributed by atoms with van der Waals surface area (Å²) < 4.78 is 16.6. The highest BCUT2D eigenvalue weighted by molar-refractivity contribution is 5.95. The van der Waals surface area contributed by atoms with Crippen molar-refractivity contribution in [3.63, 3.8) is 0 Å². The number of carbonyl (C=O) groups excluding carboxylic acids is 2. The van der Waals surface area contributed by atoms with Crippen molar-refractivity contribution in [2.24, 2.45) is 11.8 Å². The van der Waals surface area contributed by atoms with Gasteiger partial charge in [-0.2, -0.15) is 0 Å². The molecule has 2 bridgehead atoms. The molecule has 6 heteroatoms. The van der Waals surface area contributed by atoms with Gasteiger partial charge in [-0.3, -0.25) is 4.79 Å². The van der Waals surface area contributed by atoms with E-state index in [-0.39, 0.29) is 11.7 Å². The first-order valence-electron chi connectivity index (χ1n) is 7.26. The molecular weight excluding hydrogens is 276 g/mol. The standard InChI is InChI=1S/C15H18O6/c1-6-7-4-5-14(2)10(16)8(9(7)19-12(6)17)15(3)11(20-15)13(18)21-14/h7-9,11,13,18H,1,4-5H2,2-3H3/t7-,8?,9-,11?,13?,14?,15?/m0/s1. The van der Waals surface area contributed by atoms with E-state index < -0.39 is 41.6 Å². The van der Waals surface area contributed by atoms with Crippen molar-refractivity contribution in [3.05, 3.63) is 12.2 Å². The van der Waals surface area contributed by atoms with Gasteiger partial charge in [0.25, 0.3) is 0 Å². The Hall–Kier alpha value is -1.24. The maximum Gasteiger partial charge on any atom is 0.334 e. The van der Waals surface area contributed by atoms with Crippen LogP contribution in [-0.2, 0) is 23.8 Å². The molecule has 0 aromatic carbocycles. The second kappa shape index (κ2) is 3.74. The second-order valence-corrected chi connectivity index (χ2v) is 6.84. The van der Waals surface area contributed by atoms with Crippen molar-refractivity contribution in [2.45, 2.75) is 56.4 Å². The third-order valence-corrected chi connectivity index (χ3v) is 5.56. The number of fused-ring (bicyclic) bond motifs is 6. The van der Waals surface area contributed by atoms with E-state index in [9.17, 15) is 14.7 Å². The van der Waals surface area contributed by atoms with Crippen LogP contribution in [0.5, 0.6) is 0 Å². The average molecular weight is 294 g/mol. The van der Waals surface area contributed by atoms with Crippen LogP contribution in [0.15, 0.2) is 12.2 Å². The van der Waals surface area contributed by atoms with Gasteiger partial charge in [0.1, 0.15) is 23.4 Å². The zero-order valence-electron chi connectivity index (χ0n) is 12.0. The quantitative estimate of drug-likeness (QED) is 0.394. The summed E-state index contributed by atoms with van der Waals surface area (Å²) in [5.74, 6) is -1.40. The zero-order valence-corrected chi connectivity index (χ0v) is 12.0. The van der Waals surface area contributed by atoms with E-state index >= 15 is 0 Å². The summed E-state index contributed by atoms with van der Waals surface area (Å²) in [5, 5.41) is 10.1. The third kappa shape index (κ3) is 1.53. The molecule has 0 radical (unpaired) electrons. The van der Waals surface area contributed by atoms with E-state index in [2.05, 4.69) is 6.58 Å². The molecule has 1 saturated carbocycles. The normalized spacial score (nSPS) is 55.2. The largest absolute Gasteiger partial charge is 0.457 e. The molecule has 1 aliphatic carbocycles. The molecule has 4 rings (SSSR count). The number of aliphatic hydroxyl groups is 1. The average Bonchev–Trinajstić information content (AvgIpc) is 3.04. The maximum atomic E-state index is 13.0. The zero-order chi connectivity index (χ0) is 15.2. The van der Waals surface area contributed by atoms with Crippen LogP contribution in [-0.4, -0.2) is 46.6 Å². The summed E-state index contributed by atoms with van der Waals surface area (Å²) in [6.45, 7) is 7.28. The molecule has 0 amide bonds. The fourth-order valence-corrected chi connectivity index (χ4v) is 4.17. The van der Waals surface area contributed by atoms with Gasteiger partial charge in [-0.1, -0.05) is 6.58 Å². The molecule has 0 aromatic rings. The Morgan fingerprint density at radius 1 is 1.29 bits per heavy atom. The summed E-state index contributed by atoms with van der Waals surface area (Å²) in [6, 6.07) is 0. The van der Waals surface area contributed by atoms with E-state index in [1.54, 1.807) is 13.8 Å². The minimum atomic E-state index is -1.13. The van der Waals surface area contributed by atoms with Crippen LogP contribution < -0.4 is 0 Å². The fraction of sp³-hybridized carbons (Fsp3) is 0.733. The molecule has 5 unspecified atom stereocenters. The highest BCUT2D eigenvalue weighted by atomic mass is 16.7. The van der Waals surface area contributed by atoms with Crippen molar-refractivity contribution in [3.8, 4) is 0 Å². The molecular formula is C15H18O6. The summed E-state index contributed by atoms with van der Waals surface area (Å²) in [4.78, 5) is 24.8. The van der Waals surface area contributed by atoms with E-state index in [0.717, 1.165) is 0 Å². The van der Waals surface area contributed by atoms with Crippen molar-refractivity contribution in [2.75, 3.05) is 0 Å². The van der Waals surface area contributed by atoms with Gasteiger partial charge >= 0.3 is 5.97 Å². The molecule has 3 saturated heterocycles. The van der Waals surface area contributed by atoms with Gasteiger partial charge in [0, 0.05) is 11.5 Å². The molecule has 4 aliphatic rings. The number of ketones is 1. The first kappa shape index (κ1) is 13.4. The van der Waals surface area contributed by atoms with Crippen molar-refractivity contribution >= 4 is 11.8 Å². The Morgan fingerprint density at radius 3 is 2.71 bits per heavy atom. The number of rotatable bonds is 0.